The Labute approximate surface area is 119 Å². The lowest BCUT2D eigenvalue weighted by Crippen LogP contribution is -2.09. The molecule has 0 aliphatic carbocycles. The van der Waals surface area contributed by atoms with Crippen LogP contribution in [0.15, 0.2) is 43.0 Å². The van der Waals surface area contributed by atoms with Crippen LogP contribution in [0.25, 0.3) is 16.8 Å². The summed E-state index contributed by atoms with van der Waals surface area (Å²) in [6.07, 6.45) is 5.74. The molecule has 3 heterocycles. The number of halogens is 1. The van der Waals surface area contributed by atoms with Crippen molar-refractivity contribution in [1.29, 1.82) is 0 Å². The second-order valence-corrected chi connectivity index (χ2v) is 4.49. The van der Waals surface area contributed by atoms with Crippen LogP contribution in [0, 0.1) is 6.92 Å². The van der Waals surface area contributed by atoms with Crippen molar-refractivity contribution in [2.24, 2.45) is 0 Å². The molecule has 0 saturated heterocycles. The lowest BCUT2D eigenvalue weighted by atomic mass is 10.1. The third kappa shape index (κ3) is 2.53. The molecule has 0 aliphatic heterocycles. The van der Waals surface area contributed by atoms with Crippen molar-refractivity contribution in [3.8, 4) is 11.1 Å². The molecule has 6 nitrogen and oxygen atoms in total. The molecule has 1 amide bonds. The van der Waals surface area contributed by atoms with E-state index in [1.165, 1.54) is 0 Å². The zero-order chi connectivity index (χ0) is 14.8. The van der Waals surface area contributed by atoms with E-state index in [1.54, 1.807) is 29.1 Å². The van der Waals surface area contributed by atoms with Gasteiger partial charge in [0.2, 0.25) is 0 Å². The largest absolute Gasteiger partial charge is 0.450 e. The van der Waals surface area contributed by atoms with E-state index < -0.39 is 6.09 Å². The highest BCUT2D eigenvalue weighted by molar-refractivity contribution is 5.83. The molecule has 3 aromatic rings. The summed E-state index contributed by atoms with van der Waals surface area (Å²) < 4.78 is 13.4. The molecule has 3 rings (SSSR count). The molecule has 0 unspecified atom stereocenters. The Kier molecular flexibility index (Phi) is 3.23. The summed E-state index contributed by atoms with van der Waals surface area (Å²) in [5.41, 5.74) is 3.69. The number of nitrogens with zero attached hydrogens (tertiary/aromatic N) is 3. The topological polar surface area (TPSA) is 68.5 Å². The summed E-state index contributed by atoms with van der Waals surface area (Å²) in [5, 5.41) is 2.17. The third-order valence-corrected chi connectivity index (χ3v) is 3.10. The molecule has 0 spiro atoms. The maximum atomic E-state index is 11.7. The number of carbonyl (C=O) groups is 1. The van der Waals surface area contributed by atoms with Crippen LogP contribution in [0.1, 0.15) is 5.56 Å². The summed E-state index contributed by atoms with van der Waals surface area (Å²) >= 11 is 0. The number of nitrogens with one attached hydrogen (secondary N) is 1. The van der Waals surface area contributed by atoms with E-state index in [4.69, 9.17) is 0 Å². The fourth-order valence-corrected chi connectivity index (χ4v) is 2.10. The van der Waals surface area contributed by atoms with Crippen LogP contribution in [0.5, 0.6) is 0 Å². The summed E-state index contributed by atoms with van der Waals surface area (Å²) in [5.74, 6) is 0.206. The van der Waals surface area contributed by atoms with Crippen molar-refractivity contribution < 1.29 is 14.3 Å². The minimum absolute atomic E-state index is 0.206. The smallest absolute Gasteiger partial charge is 0.304 e. The van der Waals surface area contributed by atoms with Crippen LogP contribution in [0.4, 0.5) is 15.1 Å². The van der Waals surface area contributed by atoms with Crippen LogP contribution >= 0.6 is 0 Å². The number of aryl methyl sites for hydroxylation is 1. The van der Waals surface area contributed by atoms with Gasteiger partial charge in [-0.2, -0.15) is 0 Å². The van der Waals surface area contributed by atoms with Gasteiger partial charge < -0.3 is 4.40 Å². The molecule has 0 aliphatic rings. The second kappa shape index (κ2) is 5.20. The van der Waals surface area contributed by atoms with Crippen LogP contribution in [-0.4, -0.2) is 20.5 Å². The number of aromatic nitrogens is 3. The van der Waals surface area contributed by atoms with E-state index in [1.807, 2.05) is 25.3 Å². The highest BCUT2D eigenvalue weighted by atomic mass is 19.3. The predicted octanol–water partition coefficient (Wildman–Crippen LogP) is 3.14. The molecule has 0 radical (unpaired) electrons. The first kappa shape index (κ1) is 13.0. The number of hydrogen-bond donors (Lipinski definition) is 1. The molecule has 7 heteroatoms. The van der Waals surface area contributed by atoms with Crippen molar-refractivity contribution >= 4 is 17.6 Å². The van der Waals surface area contributed by atoms with Crippen molar-refractivity contribution in [3.05, 3.63) is 48.5 Å². The molecule has 0 fully saturated rings. The molecule has 3 aromatic heterocycles. The molecule has 1 N–H and O–H groups in total. The first-order valence-electron chi connectivity index (χ1n) is 6.16. The number of rotatable bonds is 2. The summed E-state index contributed by atoms with van der Waals surface area (Å²) in [4.78, 5) is 22.1. The number of amides is 1. The molecule has 0 saturated carbocycles. The van der Waals surface area contributed by atoms with Gasteiger partial charge in [-0.25, -0.2) is 14.7 Å². The Balaban J connectivity index is 2.01. The third-order valence-electron chi connectivity index (χ3n) is 3.10. The molecular formula is C14H11FN4O2. The van der Waals surface area contributed by atoms with E-state index in [-0.39, 0.29) is 5.82 Å². The first-order valence-corrected chi connectivity index (χ1v) is 6.16. The van der Waals surface area contributed by atoms with Crippen molar-refractivity contribution in [1.82, 2.24) is 14.4 Å². The van der Waals surface area contributed by atoms with Crippen LogP contribution in [0.3, 0.4) is 0 Å². The summed E-state index contributed by atoms with van der Waals surface area (Å²) in [7, 11) is 0. The quantitative estimate of drug-likeness (QED) is 0.785. The normalized spacial score (nSPS) is 10.6. The number of anilines is 1. The Morgan fingerprint density at radius 3 is 2.95 bits per heavy atom. The SMILES string of the molecule is Cc1ccncc1-c1ccc2nc(NC(=O)OF)cn2c1. The van der Waals surface area contributed by atoms with Crippen molar-refractivity contribution in [2.75, 3.05) is 5.32 Å². The molecular weight excluding hydrogens is 275 g/mol. The van der Waals surface area contributed by atoms with E-state index in [9.17, 15) is 9.32 Å². The van der Waals surface area contributed by atoms with Crippen LogP contribution < -0.4 is 5.32 Å². The van der Waals surface area contributed by atoms with Gasteiger partial charge in [0.1, 0.15) is 5.65 Å². The van der Waals surface area contributed by atoms with Gasteiger partial charge in [0, 0.05) is 34.2 Å². The number of fused-ring (bicyclic) bond motifs is 1. The summed E-state index contributed by atoms with van der Waals surface area (Å²) in [6.45, 7) is 2.00. The van der Waals surface area contributed by atoms with E-state index in [0.29, 0.717) is 5.65 Å². The maximum absolute atomic E-state index is 11.7. The van der Waals surface area contributed by atoms with Gasteiger partial charge in [0.25, 0.3) is 0 Å². The van der Waals surface area contributed by atoms with Crippen molar-refractivity contribution in [2.45, 2.75) is 6.92 Å². The van der Waals surface area contributed by atoms with Gasteiger partial charge >= 0.3 is 6.09 Å². The number of carbonyl (C=O) groups excluding carboxylic acids is 1. The fraction of sp³-hybridized carbons (Fsp3) is 0.0714. The lowest BCUT2D eigenvalue weighted by Gasteiger charge is -2.05. The van der Waals surface area contributed by atoms with Crippen LogP contribution in [0.2, 0.25) is 0 Å². The van der Waals surface area contributed by atoms with Crippen molar-refractivity contribution in [3.63, 3.8) is 0 Å². The standard InChI is InChI=1S/C14H11FN4O2/c1-9-4-5-16-6-11(9)10-2-3-13-17-12(8-19(13)7-10)18-14(20)21-15/h2-8H,1H3,(H,18,20). The molecule has 0 aromatic carbocycles. The Hall–Kier alpha value is -2.96. The van der Waals surface area contributed by atoms with Gasteiger partial charge in [-0.05, 0) is 30.7 Å². The number of pyridine rings is 2. The Morgan fingerprint density at radius 2 is 2.19 bits per heavy atom. The van der Waals surface area contributed by atoms with Gasteiger partial charge in [-0.3, -0.25) is 10.3 Å². The predicted molar refractivity (Wildman–Crippen MR) is 74.4 cm³/mol. The monoisotopic (exact) mass is 286 g/mol. The number of imidazole rings is 1. The highest BCUT2D eigenvalue weighted by Crippen LogP contribution is 2.23. The minimum Gasteiger partial charge on any atom is -0.304 e. The van der Waals surface area contributed by atoms with E-state index >= 15 is 0 Å². The maximum Gasteiger partial charge on any atom is 0.450 e. The fourth-order valence-electron chi connectivity index (χ4n) is 2.10. The van der Waals surface area contributed by atoms with Gasteiger partial charge in [-0.15, -0.1) is 0 Å². The van der Waals surface area contributed by atoms with Gasteiger partial charge in [0.15, 0.2) is 5.82 Å². The number of hydrogen-bond acceptors (Lipinski definition) is 4. The van der Waals surface area contributed by atoms with Crippen LogP contribution in [-0.2, 0) is 4.94 Å². The Morgan fingerprint density at radius 1 is 1.33 bits per heavy atom. The lowest BCUT2D eigenvalue weighted by molar-refractivity contribution is -0.0544. The average Bonchev–Trinajstić information content (AvgIpc) is 2.88. The zero-order valence-corrected chi connectivity index (χ0v) is 11.1. The Bertz CT molecular complexity index is 816. The second-order valence-electron chi connectivity index (χ2n) is 4.49. The van der Waals surface area contributed by atoms with Gasteiger partial charge in [0.05, 0.1) is 6.20 Å². The summed E-state index contributed by atoms with van der Waals surface area (Å²) in [6, 6.07) is 5.63. The molecule has 0 bridgehead atoms. The molecule has 106 valence electrons. The van der Waals surface area contributed by atoms with Gasteiger partial charge in [-0.1, -0.05) is 0 Å². The minimum atomic E-state index is -1.21. The molecule has 21 heavy (non-hydrogen) atoms. The first-order chi connectivity index (χ1) is 10.2. The highest BCUT2D eigenvalue weighted by Gasteiger charge is 2.09. The zero-order valence-electron chi connectivity index (χ0n) is 11.1. The molecule has 0 atom stereocenters. The van der Waals surface area contributed by atoms with E-state index in [0.717, 1.165) is 16.7 Å². The average molecular weight is 286 g/mol. The van der Waals surface area contributed by atoms with E-state index in [2.05, 4.69) is 20.2 Å².